The van der Waals surface area contributed by atoms with Crippen LogP contribution in [0.15, 0.2) is 53.5 Å². The average molecular weight is 300 g/mol. The fourth-order valence-electron chi connectivity index (χ4n) is 1.98. The van der Waals surface area contributed by atoms with E-state index in [4.69, 9.17) is 0 Å². The molecule has 1 heterocycles. The molecule has 0 fully saturated rings. The molecule has 0 bridgehead atoms. The molecule has 1 aromatic carbocycles. The Labute approximate surface area is 127 Å². The summed E-state index contributed by atoms with van der Waals surface area (Å²) in [5, 5.41) is 2.77. The molecule has 0 aliphatic heterocycles. The summed E-state index contributed by atoms with van der Waals surface area (Å²) in [7, 11) is 1.30. The maximum Gasteiger partial charge on any atom is 0.307 e. The number of nitrogens with one attached hydrogen (secondary N) is 2. The molecule has 0 saturated heterocycles. The molecule has 0 radical (unpaired) electrons. The van der Waals surface area contributed by atoms with Gasteiger partial charge in [-0.25, -0.2) is 0 Å². The van der Waals surface area contributed by atoms with E-state index in [1.54, 1.807) is 0 Å². The van der Waals surface area contributed by atoms with Crippen molar-refractivity contribution in [3.05, 3.63) is 70.1 Å². The molecule has 6 nitrogen and oxygen atoms in total. The summed E-state index contributed by atoms with van der Waals surface area (Å²) in [6.45, 7) is 0. The first-order valence-corrected chi connectivity index (χ1v) is 6.71. The number of carbonyl (C=O) groups excluding carboxylic acids is 2. The third kappa shape index (κ3) is 4.05. The van der Waals surface area contributed by atoms with Crippen molar-refractivity contribution < 1.29 is 14.3 Å². The molecular weight excluding hydrogens is 284 g/mol. The highest BCUT2D eigenvalue weighted by Crippen LogP contribution is 2.17. The van der Waals surface area contributed by atoms with Gasteiger partial charge < -0.3 is 15.0 Å². The van der Waals surface area contributed by atoms with Crippen molar-refractivity contribution >= 4 is 11.9 Å². The van der Waals surface area contributed by atoms with Gasteiger partial charge >= 0.3 is 5.97 Å². The van der Waals surface area contributed by atoms with E-state index in [9.17, 15) is 14.4 Å². The predicted octanol–water partition coefficient (Wildman–Crippen LogP) is 1.41. The van der Waals surface area contributed by atoms with Gasteiger partial charge in [0.25, 0.3) is 5.91 Å². The quantitative estimate of drug-likeness (QED) is 0.817. The standard InChI is InChI=1S/C16H16N2O4/c1-22-15(20)9-13(11-5-3-2-4-6-11)18-16(21)12-7-8-14(19)17-10-12/h2-8,10,13H,9H2,1H3,(H,17,19)(H,18,21). The van der Waals surface area contributed by atoms with Crippen LogP contribution in [0.1, 0.15) is 28.4 Å². The van der Waals surface area contributed by atoms with Gasteiger partial charge in [-0.2, -0.15) is 0 Å². The molecule has 22 heavy (non-hydrogen) atoms. The summed E-state index contributed by atoms with van der Waals surface area (Å²) in [6.07, 6.45) is 1.35. The van der Waals surface area contributed by atoms with E-state index in [1.807, 2.05) is 30.3 Å². The number of amides is 1. The molecule has 2 rings (SSSR count). The lowest BCUT2D eigenvalue weighted by Crippen LogP contribution is -2.30. The molecule has 2 aromatic rings. The SMILES string of the molecule is COC(=O)CC(NC(=O)c1ccc(=O)[nH]c1)c1ccccc1. The number of hydrogen-bond donors (Lipinski definition) is 2. The van der Waals surface area contributed by atoms with E-state index in [-0.39, 0.29) is 17.9 Å². The van der Waals surface area contributed by atoms with Crippen LogP contribution in [-0.2, 0) is 9.53 Å². The summed E-state index contributed by atoms with van der Waals surface area (Å²) in [5.74, 6) is -0.801. The number of esters is 1. The molecule has 1 aromatic heterocycles. The number of aromatic amines is 1. The lowest BCUT2D eigenvalue weighted by atomic mass is 10.0. The van der Waals surface area contributed by atoms with Crippen molar-refractivity contribution in [3.8, 4) is 0 Å². The molecule has 0 spiro atoms. The van der Waals surface area contributed by atoms with Crippen molar-refractivity contribution in [2.24, 2.45) is 0 Å². The summed E-state index contributed by atoms with van der Waals surface area (Å²) in [4.78, 5) is 37.2. The Balaban J connectivity index is 2.18. The minimum atomic E-state index is -0.506. The minimum absolute atomic E-state index is 0.0234. The van der Waals surface area contributed by atoms with Crippen LogP contribution in [0.4, 0.5) is 0 Å². The van der Waals surface area contributed by atoms with E-state index in [0.717, 1.165) is 5.56 Å². The minimum Gasteiger partial charge on any atom is -0.469 e. The second kappa shape index (κ2) is 7.21. The van der Waals surface area contributed by atoms with Gasteiger partial charge in [-0.1, -0.05) is 30.3 Å². The van der Waals surface area contributed by atoms with Gasteiger partial charge in [-0.05, 0) is 11.6 Å². The second-order valence-electron chi connectivity index (χ2n) is 4.66. The second-order valence-corrected chi connectivity index (χ2v) is 4.66. The highest BCUT2D eigenvalue weighted by atomic mass is 16.5. The zero-order valence-corrected chi connectivity index (χ0v) is 12.0. The van der Waals surface area contributed by atoms with Gasteiger partial charge in [-0.15, -0.1) is 0 Å². The summed E-state index contributed by atoms with van der Waals surface area (Å²) >= 11 is 0. The number of rotatable bonds is 5. The van der Waals surface area contributed by atoms with Crippen LogP contribution in [0.5, 0.6) is 0 Å². The fourth-order valence-corrected chi connectivity index (χ4v) is 1.98. The van der Waals surface area contributed by atoms with Gasteiger partial charge in [0.1, 0.15) is 0 Å². The monoisotopic (exact) mass is 300 g/mol. The zero-order valence-electron chi connectivity index (χ0n) is 12.0. The number of ether oxygens (including phenoxy) is 1. The Bertz CT molecular complexity index is 689. The third-order valence-electron chi connectivity index (χ3n) is 3.15. The normalized spacial score (nSPS) is 11.5. The number of methoxy groups -OCH3 is 1. The maximum absolute atomic E-state index is 12.2. The molecule has 1 amide bonds. The van der Waals surface area contributed by atoms with Crippen molar-refractivity contribution in [1.29, 1.82) is 0 Å². The van der Waals surface area contributed by atoms with E-state index in [0.29, 0.717) is 5.56 Å². The number of hydrogen-bond acceptors (Lipinski definition) is 4. The average Bonchev–Trinajstić information content (AvgIpc) is 2.55. The largest absolute Gasteiger partial charge is 0.469 e. The third-order valence-corrected chi connectivity index (χ3v) is 3.15. The number of aromatic nitrogens is 1. The van der Waals surface area contributed by atoms with E-state index < -0.39 is 12.0 Å². The van der Waals surface area contributed by atoms with Crippen molar-refractivity contribution in [1.82, 2.24) is 10.3 Å². The molecule has 6 heteroatoms. The molecule has 1 atom stereocenters. The van der Waals surface area contributed by atoms with Crippen LogP contribution in [0.25, 0.3) is 0 Å². The van der Waals surface area contributed by atoms with Crippen LogP contribution in [0.3, 0.4) is 0 Å². The molecule has 1 unspecified atom stereocenters. The van der Waals surface area contributed by atoms with E-state index in [2.05, 4.69) is 15.0 Å². The highest BCUT2D eigenvalue weighted by Gasteiger charge is 2.19. The number of benzene rings is 1. The molecule has 0 aliphatic rings. The molecular formula is C16H16N2O4. The van der Waals surface area contributed by atoms with Gasteiger partial charge in [0.2, 0.25) is 5.56 Å². The Morgan fingerprint density at radius 1 is 1.18 bits per heavy atom. The highest BCUT2D eigenvalue weighted by molar-refractivity contribution is 5.94. The Hall–Kier alpha value is -2.89. The topological polar surface area (TPSA) is 88.3 Å². The Kier molecular flexibility index (Phi) is 5.08. The van der Waals surface area contributed by atoms with Crippen LogP contribution in [-0.4, -0.2) is 24.0 Å². The predicted molar refractivity (Wildman–Crippen MR) is 80.3 cm³/mol. The summed E-state index contributed by atoms with van der Waals surface area (Å²) in [6, 6.07) is 11.3. The first-order valence-electron chi connectivity index (χ1n) is 6.71. The zero-order chi connectivity index (χ0) is 15.9. The van der Waals surface area contributed by atoms with Crippen molar-refractivity contribution in [2.45, 2.75) is 12.5 Å². The van der Waals surface area contributed by atoms with Crippen LogP contribution in [0, 0.1) is 0 Å². The number of carbonyl (C=O) groups is 2. The van der Waals surface area contributed by atoms with Crippen LogP contribution >= 0.6 is 0 Å². The van der Waals surface area contributed by atoms with Gasteiger partial charge in [0.05, 0.1) is 25.1 Å². The molecule has 0 saturated carbocycles. The van der Waals surface area contributed by atoms with Crippen LogP contribution < -0.4 is 10.9 Å². The Morgan fingerprint density at radius 3 is 2.50 bits per heavy atom. The van der Waals surface area contributed by atoms with Crippen LogP contribution in [0.2, 0.25) is 0 Å². The number of H-pyrrole nitrogens is 1. The lowest BCUT2D eigenvalue weighted by molar-refractivity contribution is -0.141. The van der Waals surface area contributed by atoms with E-state index in [1.165, 1.54) is 25.4 Å². The van der Waals surface area contributed by atoms with Crippen molar-refractivity contribution in [2.75, 3.05) is 7.11 Å². The number of pyridine rings is 1. The smallest absolute Gasteiger partial charge is 0.307 e. The lowest BCUT2D eigenvalue weighted by Gasteiger charge is -2.18. The summed E-state index contributed by atoms with van der Waals surface area (Å²) in [5.41, 5.74) is 0.821. The summed E-state index contributed by atoms with van der Waals surface area (Å²) < 4.78 is 4.67. The van der Waals surface area contributed by atoms with Gasteiger partial charge in [0.15, 0.2) is 0 Å². The fraction of sp³-hybridized carbons (Fsp3) is 0.188. The molecule has 114 valence electrons. The van der Waals surface area contributed by atoms with Gasteiger partial charge in [0, 0.05) is 12.3 Å². The maximum atomic E-state index is 12.2. The van der Waals surface area contributed by atoms with E-state index >= 15 is 0 Å². The molecule has 2 N–H and O–H groups in total. The van der Waals surface area contributed by atoms with Crippen molar-refractivity contribution in [3.63, 3.8) is 0 Å². The van der Waals surface area contributed by atoms with Gasteiger partial charge in [-0.3, -0.25) is 14.4 Å². The first kappa shape index (κ1) is 15.5. The Morgan fingerprint density at radius 2 is 1.91 bits per heavy atom. The molecule has 0 aliphatic carbocycles. The first-order chi connectivity index (χ1) is 10.6.